The number of unbranched alkanes of at least 4 members (excludes halogenated alkanes) is 1. The predicted molar refractivity (Wildman–Crippen MR) is 161 cm³/mol. The number of nitrogens with zero attached hydrogens (tertiary/aromatic N) is 1. The predicted octanol–water partition coefficient (Wildman–Crippen LogP) is 6.85. The van der Waals surface area contributed by atoms with Gasteiger partial charge in [0.1, 0.15) is 17.9 Å². The number of hydrogen-bond acceptors (Lipinski definition) is 7. The number of carbonyl (C=O) groups excluding carboxylic acids is 3. The van der Waals surface area contributed by atoms with E-state index in [9.17, 15) is 14.4 Å². The molecule has 0 saturated carbocycles. The Bertz CT molecular complexity index is 1230. The lowest BCUT2D eigenvalue weighted by molar-refractivity contribution is -0.190. The zero-order valence-corrected chi connectivity index (χ0v) is 25.9. The minimum absolute atomic E-state index is 0.216. The Morgan fingerprint density at radius 2 is 1.48 bits per heavy atom. The lowest BCUT2D eigenvalue weighted by Gasteiger charge is -2.51. The average molecular weight is 578 g/mol. The topological polar surface area (TPSA) is 91.4 Å². The highest BCUT2D eigenvalue weighted by molar-refractivity contribution is 6.45. The molecule has 0 unspecified atom stereocenters. The number of carbonyl (C=O) groups is 3. The first kappa shape index (κ1) is 31.8. The third-order valence-corrected chi connectivity index (χ3v) is 8.50. The van der Waals surface area contributed by atoms with Crippen molar-refractivity contribution in [3.8, 4) is 0 Å². The van der Waals surface area contributed by atoms with Crippen LogP contribution in [-0.4, -0.2) is 52.7 Å². The van der Waals surface area contributed by atoms with Crippen LogP contribution in [0.4, 0.5) is 4.79 Å². The van der Waals surface area contributed by atoms with E-state index in [0.29, 0.717) is 25.4 Å². The first-order valence-corrected chi connectivity index (χ1v) is 14.8. The number of cyclic esters (lactones) is 1. The lowest BCUT2D eigenvalue weighted by atomic mass is 9.78. The second kappa shape index (κ2) is 12.2. The van der Waals surface area contributed by atoms with Crippen LogP contribution in [0.2, 0.25) is 6.32 Å². The van der Waals surface area contributed by atoms with Crippen LogP contribution in [0, 0.1) is 0 Å². The van der Waals surface area contributed by atoms with Gasteiger partial charge in [0.25, 0.3) is 0 Å². The summed E-state index contributed by atoms with van der Waals surface area (Å²) in [5.74, 6) is -0.614. The number of hydrogen-bond donors (Lipinski definition) is 0. The molecule has 2 aliphatic heterocycles. The van der Waals surface area contributed by atoms with Crippen LogP contribution in [0.15, 0.2) is 60.7 Å². The van der Waals surface area contributed by atoms with Crippen LogP contribution < -0.4 is 0 Å². The third-order valence-electron chi connectivity index (χ3n) is 8.50. The van der Waals surface area contributed by atoms with Gasteiger partial charge in [0.2, 0.25) is 0 Å². The van der Waals surface area contributed by atoms with E-state index in [1.807, 2.05) is 88.4 Å². The molecule has 3 atom stereocenters. The Labute approximate surface area is 250 Å². The van der Waals surface area contributed by atoms with Crippen molar-refractivity contribution in [1.29, 1.82) is 0 Å². The van der Waals surface area contributed by atoms with Crippen molar-refractivity contribution in [2.24, 2.45) is 0 Å². The second-order valence-electron chi connectivity index (χ2n) is 13.3. The van der Waals surface area contributed by atoms with Crippen molar-refractivity contribution in [3.63, 3.8) is 0 Å². The maximum Gasteiger partial charge on any atom is 0.457 e. The Hall–Kier alpha value is -3.17. The number of morpholine rings is 1. The van der Waals surface area contributed by atoms with Gasteiger partial charge in [-0.25, -0.2) is 9.59 Å². The Kier molecular flexibility index (Phi) is 9.24. The summed E-state index contributed by atoms with van der Waals surface area (Å²) in [5, 5.41) is 0. The first-order valence-electron chi connectivity index (χ1n) is 14.8. The van der Waals surface area contributed by atoms with Crippen LogP contribution in [0.3, 0.4) is 0 Å². The SMILES string of the molecule is CC(C)(C)OC(=O)N1[C@H](c2ccccc2)[C@H](c2ccccc2)OC(=O)[C@]1(CC=O)CCCCB1OC(C)(C)C(C)(C)O1. The highest BCUT2D eigenvalue weighted by Crippen LogP contribution is 2.49. The average Bonchev–Trinajstić information content (AvgIpc) is 3.13. The maximum absolute atomic E-state index is 14.1. The molecule has 4 rings (SSSR count). The van der Waals surface area contributed by atoms with E-state index in [-0.39, 0.29) is 20.0 Å². The van der Waals surface area contributed by atoms with Gasteiger partial charge >= 0.3 is 19.2 Å². The molecule has 1 amide bonds. The van der Waals surface area contributed by atoms with E-state index in [2.05, 4.69) is 0 Å². The van der Waals surface area contributed by atoms with Crippen LogP contribution in [-0.2, 0) is 28.4 Å². The van der Waals surface area contributed by atoms with Crippen molar-refractivity contribution >= 4 is 25.5 Å². The van der Waals surface area contributed by atoms with Gasteiger partial charge in [-0.1, -0.05) is 73.5 Å². The van der Waals surface area contributed by atoms with E-state index in [1.165, 1.54) is 4.90 Å². The molecule has 226 valence electrons. The molecule has 2 aliphatic rings. The standard InChI is InChI=1S/C33H44BNO7/c1-30(2,3)40-29(38)35-26(24-16-10-8-11-17-24)27(25-18-12-9-13-19-25)39-28(37)33(35,21-23-36)20-14-15-22-34-41-31(4,5)32(6,7)42-34/h8-13,16-19,23,26-27H,14-15,20-22H2,1-7H3/t26-,27+,33-/m1/s1. The summed E-state index contributed by atoms with van der Waals surface area (Å²) in [6, 6.07) is 18.1. The molecule has 2 aromatic carbocycles. The molecule has 0 N–H and O–H groups in total. The largest absolute Gasteiger partial charge is 0.457 e. The summed E-state index contributed by atoms with van der Waals surface area (Å²) in [5.41, 5.74) is -1.73. The van der Waals surface area contributed by atoms with Crippen molar-refractivity contribution in [1.82, 2.24) is 4.90 Å². The van der Waals surface area contributed by atoms with Gasteiger partial charge in [-0.2, -0.15) is 0 Å². The molecule has 2 fully saturated rings. The zero-order valence-electron chi connectivity index (χ0n) is 25.9. The van der Waals surface area contributed by atoms with Crippen LogP contribution in [0.5, 0.6) is 0 Å². The number of ether oxygens (including phenoxy) is 2. The molecule has 2 saturated heterocycles. The molecule has 0 spiro atoms. The Morgan fingerprint density at radius 1 is 0.929 bits per heavy atom. The highest BCUT2D eigenvalue weighted by atomic mass is 16.7. The molecule has 0 aliphatic carbocycles. The quantitative estimate of drug-likeness (QED) is 0.139. The summed E-state index contributed by atoms with van der Waals surface area (Å²) >= 11 is 0. The summed E-state index contributed by atoms with van der Waals surface area (Å²) < 4.78 is 24.4. The summed E-state index contributed by atoms with van der Waals surface area (Å²) in [4.78, 5) is 41.9. The van der Waals surface area contributed by atoms with Gasteiger partial charge < -0.3 is 23.6 Å². The van der Waals surface area contributed by atoms with Gasteiger partial charge in [-0.05, 0) is 72.3 Å². The zero-order chi connectivity index (χ0) is 30.8. The van der Waals surface area contributed by atoms with Crippen LogP contribution >= 0.6 is 0 Å². The molecule has 9 heteroatoms. The fourth-order valence-corrected chi connectivity index (χ4v) is 5.71. The molecule has 8 nitrogen and oxygen atoms in total. The van der Waals surface area contributed by atoms with Crippen molar-refractivity contribution in [2.75, 3.05) is 0 Å². The number of rotatable bonds is 9. The number of esters is 1. The smallest absolute Gasteiger partial charge is 0.453 e. The van der Waals surface area contributed by atoms with Crippen molar-refractivity contribution in [3.05, 3.63) is 71.8 Å². The minimum atomic E-state index is -1.55. The van der Waals surface area contributed by atoms with E-state index >= 15 is 0 Å². The van der Waals surface area contributed by atoms with E-state index in [1.54, 1.807) is 20.8 Å². The normalized spacial score (nSPS) is 25.2. The minimum Gasteiger partial charge on any atom is -0.453 e. The first-order chi connectivity index (χ1) is 19.7. The molecule has 42 heavy (non-hydrogen) atoms. The van der Waals surface area contributed by atoms with E-state index < -0.39 is 46.6 Å². The van der Waals surface area contributed by atoms with Crippen molar-refractivity contribution in [2.45, 2.75) is 115 Å². The van der Waals surface area contributed by atoms with E-state index in [4.69, 9.17) is 18.8 Å². The van der Waals surface area contributed by atoms with Crippen LogP contribution in [0.25, 0.3) is 0 Å². The highest BCUT2D eigenvalue weighted by Gasteiger charge is 2.58. The number of benzene rings is 2. The monoisotopic (exact) mass is 577 g/mol. The molecular weight excluding hydrogens is 533 g/mol. The fourth-order valence-electron chi connectivity index (χ4n) is 5.71. The molecular formula is C33H44BNO7. The molecule has 0 aromatic heterocycles. The maximum atomic E-state index is 14.1. The number of aldehydes is 1. The fraction of sp³-hybridized carbons (Fsp3) is 0.545. The van der Waals surface area contributed by atoms with Gasteiger partial charge in [0.15, 0.2) is 11.6 Å². The second-order valence-corrected chi connectivity index (χ2v) is 13.3. The van der Waals surface area contributed by atoms with Gasteiger partial charge in [0, 0.05) is 6.42 Å². The molecule has 2 heterocycles. The number of amides is 1. The van der Waals surface area contributed by atoms with Crippen molar-refractivity contribution < 1.29 is 33.2 Å². The summed E-state index contributed by atoms with van der Waals surface area (Å²) in [7, 11) is -0.378. The van der Waals surface area contributed by atoms with E-state index in [0.717, 1.165) is 11.1 Å². The Balaban J connectivity index is 1.71. The Morgan fingerprint density at radius 3 is 2.00 bits per heavy atom. The summed E-state index contributed by atoms with van der Waals surface area (Å²) in [6.45, 7) is 13.4. The lowest BCUT2D eigenvalue weighted by Crippen LogP contribution is -2.64. The molecule has 2 aromatic rings. The molecule has 0 radical (unpaired) electrons. The van der Waals surface area contributed by atoms with Gasteiger partial charge in [-0.15, -0.1) is 0 Å². The van der Waals surface area contributed by atoms with Crippen LogP contribution in [0.1, 0.15) is 97.4 Å². The van der Waals surface area contributed by atoms with Gasteiger partial charge in [0.05, 0.1) is 11.2 Å². The molecule has 0 bridgehead atoms. The summed E-state index contributed by atoms with van der Waals surface area (Å²) in [6.07, 6.45) is 1.04. The third kappa shape index (κ3) is 6.57. The van der Waals surface area contributed by atoms with Gasteiger partial charge in [-0.3, -0.25) is 4.90 Å².